The van der Waals surface area contributed by atoms with E-state index < -0.39 is 23.4 Å². The zero-order chi connectivity index (χ0) is 20.5. The average molecular weight is 428 g/mol. The second-order valence-electron chi connectivity index (χ2n) is 5.36. The van der Waals surface area contributed by atoms with Gasteiger partial charge in [0.25, 0.3) is 11.8 Å². The van der Waals surface area contributed by atoms with Crippen LogP contribution in [0.1, 0.15) is 20.7 Å². The van der Waals surface area contributed by atoms with Gasteiger partial charge in [0.1, 0.15) is 11.6 Å². The molecule has 0 radical (unpaired) electrons. The van der Waals surface area contributed by atoms with Gasteiger partial charge in [0.2, 0.25) is 0 Å². The largest absolute Gasteiger partial charge is 0.395 e. The van der Waals surface area contributed by atoms with E-state index in [1.807, 2.05) is 0 Å². The number of aliphatic hydroxyl groups is 2. The normalized spacial score (nSPS) is 10.6. The smallest absolute Gasteiger partial charge is 0.252 e. The Bertz CT molecular complexity index is 783. The molecular weight excluding hydrogens is 410 g/mol. The van der Waals surface area contributed by atoms with Crippen LogP contribution in [-0.2, 0) is 0 Å². The Morgan fingerprint density at radius 3 is 1.54 bits per heavy atom. The van der Waals surface area contributed by atoms with E-state index in [1.165, 1.54) is 36.4 Å². The molecule has 28 heavy (non-hydrogen) atoms. The van der Waals surface area contributed by atoms with Crippen molar-refractivity contribution in [2.24, 2.45) is 0 Å². The molecule has 0 aliphatic rings. The van der Waals surface area contributed by atoms with Crippen molar-refractivity contribution in [2.45, 2.75) is 9.79 Å². The summed E-state index contributed by atoms with van der Waals surface area (Å²) in [6, 6.07) is 7.90. The van der Waals surface area contributed by atoms with Crippen LogP contribution >= 0.6 is 21.6 Å². The molecule has 2 aromatic carbocycles. The summed E-state index contributed by atoms with van der Waals surface area (Å²) in [5.41, 5.74) is 0.0714. The topological polar surface area (TPSA) is 98.7 Å². The molecule has 0 saturated heterocycles. The summed E-state index contributed by atoms with van der Waals surface area (Å²) in [6.45, 7) is -0.510. The van der Waals surface area contributed by atoms with E-state index in [1.54, 1.807) is 0 Å². The summed E-state index contributed by atoms with van der Waals surface area (Å²) >= 11 is 0. The van der Waals surface area contributed by atoms with Crippen molar-refractivity contribution in [3.63, 3.8) is 0 Å². The molecule has 2 rings (SSSR count). The quantitative estimate of drug-likeness (QED) is 0.457. The van der Waals surface area contributed by atoms with E-state index >= 15 is 0 Å². The monoisotopic (exact) mass is 428 g/mol. The Labute approximate surface area is 168 Å². The molecule has 0 heterocycles. The van der Waals surface area contributed by atoms with Crippen LogP contribution < -0.4 is 10.6 Å². The highest BCUT2D eigenvalue weighted by Gasteiger charge is 2.20. The first kappa shape index (κ1) is 22.2. The fraction of sp³-hybridized carbons (Fsp3) is 0.222. The van der Waals surface area contributed by atoms with E-state index in [4.69, 9.17) is 10.2 Å². The van der Waals surface area contributed by atoms with Crippen LogP contribution in [0.3, 0.4) is 0 Å². The first-order valence-corrected chi connectivity index (χ1v) is 10.3. The maximum atomic E-state index is 14.3. The highest BCUT2D eigenvalue weighted by Crippen LogP contribution is 2.42. The molecule has 0 atom stereocenters. The number of hydrogen-bond donors (Lipinski definition) is 4. The third-order valence-electron chi connectivity index (χ3n) is 3.43. The molecule has 2 amide bonds. The maximum absolute atomic E-state index is 14.3. The van der Waals surface area contributed by atoms with Gasteiger partial charge in [-0.1, -0.05) is 12.1 Å². The van der Waals surface area contributed by atoms with Gasteiger partial charge < -0.3 is 20.8 Å². The van der Waals surface area contributed by atoms with Gasteiger partial charge in [-0.2, -0.15) is 0 Å². The van der Waals surface area contributed by atoms with E-state index in [0.717, 1.165) is 21.6 Å². The zero-order valence-corrected chi connectivity index (χ0v) is 16.2. The van der Waals surface area contributed by atoms with E-state index in [9.17, 15) is 18.4 Å². The molecule has 0 aliphatic carbocycles. The second-order valence-corrected chi connectivity index (χ2v) is 7.51. The minimum atomic E-state index is -0.670. The molecule has 0 fully saturated rings. The van der Waals surface area contributed by atoms with E-state index in [2.05, 4.69) is 10.6 Å². The van der Waals surface area contributed by atoms with Gasteiger partial charge in [0, 0.05) is 13.1 Å². The Hall–Kier alpha value is -2.14. The highest BCUT2D eigenvalue weighted by atomic mass is 33.1. The predicted octanol–water partition coefficient (Wildman–Crippen LogP) is 2.21. The van der Waals surface area contributed by atoms with Crippen molar-refractivity contribution in [2.75, 3.05) is 26.3 Å². The lowest BCUT2D eigenvalue weighted by Crippen LogP contribution is -2.27. The van der Waals surface area contributed by atoms with Crippen molar-refractivity contribution in [3.8, 4) is 0 Å². The van der Waals surface area contributed by atoms with Crippen LogP contribution in [0, 0.1) is 11.6 Å². The van der Waals surface area contributed by atoms with Gasteiger partial charge in [-0.05, 0) is 45.9 Å². The van der Waals surface area contributed by atoms with Gasteiger partial charge in [0.05, 0.1) is 34.1 Å². The number of nitrogens with one attached hydrogen (secondary N) is 2. The second kappa shape index (κ2) is 11.0. The van der Waals surface area contributed by atoms with Gasteiger partial charge in [0.15, 0.2) is 0 Å². The summed E-state index contributed by atoms with van der Waals surface area (Å²) < 4.78 is 28.6. The summed E-state index contributed by atoms with van der Waals surface area (Å²) in [7, 11) is 1.61. The SMILES string of the molecule is O=C(NCCO)c1cccc(F)c1SSc1c(F)cccc1C(=O)NCCO. The van der Waals surface area contributed by atoms with Crippen molar-refractivity contribution < 1.29 is 28.6 Å². The van der Waals surface area contributed by atoms with Gasteiger partial charge in [-0.25, -0.2) is 8.78 Å². The number of rotatable bonds is 9. The number of hydrogen-bond acceptors (Lipinski definition) is 6. The Kier molecular flexibility index (Phi) is 8.71. The van der Waals surface area contributed by atoms with Crippen LogP contribution in [-0.4, -0.2) is 48.3 Å². The Balaban J connectivity index is 2.27. The summed E-state index contributed by atoms with van der Waals surface area (Å²) in [5.74, 6) is -2.49. The summed E-state index contributed by atoms with van der Waals surface area (Å²) in [4.78, 5) is 24.3. The standard InChI is InChI=1S/C18H18F2N2O4S2/c19-13-5-1-3-11(17(25)21-7-9-23)15(13)27-28-16-12(4-2-6-14(16)20)18(26)22-8-10-24/h1-6,23-24H,7-10H2,(H,21,25)(H,22,26). The number of aliphatic hydroxyl groups excluding tert-OH is 2. The maximum Gasteiger partial charge on any atom is 0.252 e. The van der Waals surface area contributed by atoms with Gasteiger partial charge >= 0.3 is 0 Å². The minimum Gasteiger partial charge on any atom is -0.395 e. The zero-order valence-electron chi connectivity index (χ0n) is 14.6. The highest BCUT2D eigenvalue weighted by molar-refractivity contribution is 8.76. The first-order valence-electron chi connectivity index (χ1n) is 8.19. The third-order valence-corrected chi connectivity index (χ3v) is 5.92. The number of amides is 2. The van der Waals surface area contributed by atoms with Crippen LogP contribution in [0.4, 0.5) is 8.78 Å². The fourth-order valence-electron chi connectivity index (χ4n) is 2.16. The van der Waals surface area contributed by atoms with Gasteiger partial charge in [-0.3, -0.25) is 9.59 Å². The number of benzene rings is 2. The van der Waals surface area contributed by atoms with Gasteiger partial charge in [-0.15, -0.1) is 0 Å². The van der Waals surface area contributed by atoms with E-state index in [-0.39, 0.29) is 47.2 Å². The lowest BCUT2D eigenvalue weighted by Gasteiger charge is -2.12. The van der Waals surface area contributed by atoms with Crippen LogP contribution in [0.5, 0.6) is 0 Å². The fourth-order valence-corrected chi connectivity index (χ4v) is 4.64. The molecule has 10 heteroatoms. The Morgan fingerprint density at radius 1 is 0.786 bits per heavy atom. The minimum absolute atomic E-state index is 0.00901. The number of carbonyl (C=O) groups excluding carboxylic acids is 2. The molecule has 150 valence electrons. The lowest BCUT2D eigenvalue weighted by molar-refractivity contribution is 0.0933. The number of carbonyl (C=O) groups is 2. The molecular formula is C18H18F2N2O4S2. The van der Waals surface area contributed by atoms with Crippen LogP contribution in [0.25, 0.3) is 0 Å². The molecule has 0 saturated carbocycles. The molecule has 2 aromatic rings. The van der Waals surface area contributed by atoms with Crippen molar-refractivity contribution in [1.82, 2.24) is 10.6 Å². The molecule has 4 N–H and O–H groups in total. The van der Waals surface area contributed by atoms with Crippen molar-refractivity contribution in [3.05, 3.63) is 59.2 Å². The third kappa shape index (κ3) is 5.68. The van der Waals surface area contributed by atoms with Crippen molar-refractivity contribution >= 4 is 33.4 Å². The Morgan fingerprint density at radius 2 is 1.18 bits per heavy atom. The average Bonchev–Trinajstić information content (AvgIpc) is 2.69. The molecule has 0 aliphatic heterocycles. The molecule has 6 nitrogen and oxygen atoms in total. The molecule has 0 unspecified atom stereocenters. The van der Waals surface area contributed by atoms with E-state index in [0.29, 0.717) is 0 Å². The summed E-state index contributed by atoms with van der Waals surface area (Å²) in [5, 5.41) is 22.5. The van der Waals surface area contributed by atoms with Crippen molar-refractivity contribution in [1.29, 1.82) is 0 Å². The number of halogens is 2. The summed E-state index contributed by atoms with van der Waals surface area (Å²) in [6.07, 6.45) is 0. The first-order chi connectivity index (χ1) is 13.5. The molecule has 0 bridgehead atoms. The molecule has 0 aromatic heterocycles. The molecule has 0 spiro atoms. The lowest BCUT2D eigenvalue weighted by atomic mass is 10.2. The van der Waals surface area contributed by atoms with Crippen LogP contribution in [0.15, 0.2) is 46.2 Å². The predicted molar refractivity (Wildman–Crippen MR) is 103 cm³/mol. The van der Waals surface area contributed by atoms with Crippen LogP contribution in [0.2, 0.25) is 0 Å².